The van der Waals surface area contributed by atoms with E-state index >= 15 is 0 Å². The van der Waals surface area contributed by atoms with Gasteiger partial charge in [-0.2, -0.15) is 0 Å². The van der Waals surface area contributed by atoms with Gasteiger partial charge in [0.25, 0.3) is 0 Å². The minimum atomic E-state index is -1.70. The molecular weight excluding hydrogens is 400 g/mol. The third kappa shape index (κ3) is 6.06. The fraction of sp³-hybridized carbons (Fsp3) is 0.625. The molecule has 1 aliphatic carbocycles. The third-order valence-corrected chi connectivity index (χ3v) is 5.07. The van der Waals surface area contributed by atoms with E-state index < -0.39 is 52.3 Å². The Hall–Kier alpha value is -2.41. The van der Waals surface area contributed by atoms with Crippen LogP contribution in [-0.2, 0) is 23.9 Å². The van der Waals surface area contributed by atoms with E-state index in [9.17, 15) is 19.5 Å². The highest BCUT2D eigenvalue weighted by Crippen LogP contribution is 2.47. The molecule has 1 aromatic rings. The van der Waals surface area contributed by atoms with Crippen molar-refractivity contribution in [2.45, 2.75) is 77.6 Å². The van der Waals surface area contributed by atoms with Gasteiger partial charge in [-0.15, -0.1) is 0 Å². The number of ketones is 1. The molecule has 0 saturated heterocycles. The molecule has 1 aromatic carbocycles. The predicted molar refractivity (Wildman–Crippen MR) is 115 cm³/mol. The summed E-state index contributed by atoms with van der Waals surface area (Å²) in [6.07, 6.45) is -0.360. The first-order valence-corrected chi connectivity index (χ1v) is 10.4. The topological polar surface area (TPSA) is 99.1 Å². The highest BCUT2D eigenvalue weighted by molar-refractivity contribution is 6.03. The summed E-state index contributed by atoms with van der Waals surface area (Å²) in [5.74, 6) is -4.78. The van der Waals surface area contributed by atoms with Gasteiger partial charge in [0.05, 0.1) is 18.6 Å². The van der Waals surface area contributed by atoms with Crippen molar-refractivity contribution in [2.24, 2.45) is 11.8 Å². The zero-order valence-electron chi connectivity index (χ0n) is 19.6. The molecule has 0 aromatic heterocycles. The number of Topliss-reactive ketones (excluding diaryl/α,β-unsaturated/α-hetero) is 1. The van der Waals surface area contributed by atoms with Gasteiger partial charge in [-0.05, 0) is 66.2 Å². The van der Waals surface area contributed by atoms with E-state index in [0.29, 0.717) is 11.3 Å². The molecule has 1 fully saturated rings. The Balaban J connectivity index is 2.66. The number of esters is 2. The quantitative estimate of drug-likeness (QED) is 0.573. The van der Waals surface area contributed by atoms with Gasteiger partial charge in [0, 0.05) is 12.3 Å². The van der Waals surface area contributed by atoms with Gasteiger partial charge in [0.1, 0.15) is 22.9 Å². The number of rotatable bonds is 4. The number of aliphatic hydroxyl groups is 1. The van der Waals surface area contributed by atoms with Crippen LogP contribution in [0.3, 0.4) is 0 Å². The van der Waals surface area contributed by atoms with E-state index in [4.69, 9.17) is 14.2 Å². The summed E-state index contributed by atoms with van der Waals surface area (Å²) < 4.78 is 16.4. The van der Waals surface area contributed by atoms with Crippen LogP contribution in [0.1, 0.15) is 66.4 Å². The van der Waals surface area contributed by atoms with Gasteiger partial charge in [0.2, 0.25) is 0 Å². The molecule has 0 unspecified atom stereocenters. The lowest BCUT2D eigenvalue weighted by Gasteiger charge is -2.44. The normalized spacial score (nSPS) is 26.9. The largest absolute Gasteiger partial charge is 0.497 e. The van der Waals surface area contributed by atoms with E-state index in [-0.39, 0.29) is 6.42 Å². The molecule has 1 N–H and O–H groups in total. The van der Waals surface area contributed by atoms with Crippen LogP contribution in [0.2, 0.25) is 0 Å². The van der Waals surface area contributed by atoms with Crippen molar-refractivity contribution in [1.29, 1.82) is 0 Å². The van der Waals surface area contributed by atoms with Crippen molar-refractivity contribution in [3.05, 3.63) is 29.8 Å². The van der Waals surface area contributed by atoms with Gasteiger partial charge in [-0.25, -0.2) is 0 Å². The second-order valence-electron chi connectivity index (χ2n) is 10.3. The zero-order chi connectivity index (χ0) is 23.8. The summed E-state index contributed by atoms with van der Waals surface area (Å²) in [6, 6.07) is 6.79. The maximum Gasteiger partial charge on any atom is 0.317 e. The molecule has 0 amide bonds. The van der Waals surface area contributed by atoms with E-state index in [1.807, 2.05) is 0 Å². The molecule has 7 heteroatoms. The first-order chi connectivity index (χ1) is 14.1. The Labute approximate surface area is 184 Å². The first kappa shape index (κ1) is 24.9. The van der Waals surface area contributed by atoms with Crippen LogP contribution >= 0.6 is 0 Å². The monoisotopic (exact) mass is 434 g/mol. The average Bonchev–Trinajstić information content (AvgIpc) is 2.56. The van der Waals surface area contributed by atoms with Gasteiger partial charge in [-0.1, -0.05) is 12.1 Å². The smallest absolute Gasteiger partial charge is 0.317 e. The number of hydrogen-bond donors (Lipinski definition) is 1. The molecule has 172 valence electrons. The van der Waals surface area contributed by atoms with Crippen molar-refractivity contribution in [3.8, 4) is 5.75 Å². The molecule has 1 aliphatic rings. The summed E-state index contributed by atoms with van der Waals surface area (Å²) in [5.41, 5.74) is -2.82. The second-order valence-corrected chi connectivity index (χ2v) is 10.3. The van der Waals surface area contributed by atoms with Crippen molar-refractivity contribution >= 4 is 17.7 Å². The molecule has 0 radical (unpaired) electrons. The van der Waals surface area contributed by atoms with E-state index in [1.54, 1.807) is 65.8 Å². The van der Waals surface area contributed by atoms with Crippen LogP contribution in [0, 0.1) is 11.8 Å². The fourth-order valence-corrected chi connectivity index (χ4v) is 4.00. The van der Waals surface area contributed by atoms with Crippen LogP contribution in [0.25, 0.3) is 0 Å². The van der Waals surface area contributed by atoms with Gasteiger partial charge >= 0.3 is 11.9 Å². The summed E-state index contributed by atoms with van der Waals surface area (Å²) in [4.78, 5) is 39.5. The summed E-state index contributed by atoms with van der Waals surface area (Å²) in [7, 11) is 1.50. The van der Waals surface area contributed by atoms with Crippen molar-refractivity contribution in [3.63, 3.8) is 0 Å². The number of methoxy groups -OCH3 is 1. The molecule has 0 heterocycles. The Morgan fingerprint density at radius 3 is 2.10 bits per heavy atom. The second kappa shape index (κ2) is 8.61. The number of carbonyl (C=O) groups is 3. The molecule has 2 rings (SSSR count). The Morgan fingerprint density at radius 1 is 1.03 bits per heavy atom. The first-order valence-electron chi connectivity index (χ1n) is 10.4. The number of benzene rings is 1. The van der Waals surface area contributed by atoms with Gasteiger partial charge in [-0.3, -0.25) is 14.4 Å². The standard InChI is InChI=1S/C24H34O7/c1-22(2,3)30-20(26)18-16(25)13-24(7,28)19(21(27)31-23(4,5)6)17(18)14-10-9-11-15(12-14)29-8/h9-12,17-19,28H,13H2,1-8H3/t17-,18+,19+,24+/m0/s1. The SMILES string of the molecule is COc1cccc([C@H]2[C@H](C(=O)OC(C)(C)C)C(=O)C[C@@](C)(O)[C@H]2C(=O)OC(C)(C)C)c1. The molecular formula is C24H34O7. The number of ether oxygens (including phenoxy) is 3. The molecule has 0 aliphatic heterocycles. The Kier molecular flexibility index (Phi) is 6.91. The number of carbonyl (C=O) groups excluding carboxylic acids is 3. The number of hydrogen-bond acceptors (Lipinski definition) is 7. The van der Waals surface area contributed by atoms with Crippen LogP contribution < -0.4 is 4.74 Å². The highest BCUT2D eigenvalue weighted by atomic mass is 16.6. The minimum absolute atomic E-state index is 0.360. The average molecular weight is 435 g/mol. The van der Waals surface area contributed by atoms with Crippen LogP contribution in [-0.4, -0.2) is 46.7 Å². The molecule has 0 bridgehead atoms. The van der Waals surface area contributed by atoms with E-state index in [0.717, 1.165) is 0 Å². The minimum Gasteiger partial charge on any atom is -0.497 e. The van der Waals surface area contributed by atoms with Gasteiger partial charge in [0.15, 0.2) is 5.78 Å². The third-order valence-electron chi connectivity index (χ3n) is 5.07. The predicted octanol–water partition coefficient (Wildman–Crippen LogP) is 3.42. The summed E-state index contributed by atoms with van der Waals surface area (Å²) in [5, 5.41) is 11.2. The molecule has 1 saturated carbocycles. The lowest BCUT2D eigenvalue weighted by molar-refractivity contribution is -0.182. The molecule has 0 spiro atoms. The van der Waals surface area contributed by atoms with Crippen molar-refractivity contribution in [1.82, 2.24) is 0 Å². The van der Waals surface area contributed by atoms with Crippen molar-refractivity contribution in [2.75, 3.05) is 7.11 Å². The molecule has 31 heavy (non-hydrogen) atoms. The fourth-order valence-electron chi connectivity index (χ4n) is 4.00. The van der Waals surface area contributed by atoms with Crippen molar-refractivity contribution < 1.29 is 33.7 Å². The maximum atomic E-state index is 13.3. The van der Waals surface area contributed by atoms with Crippen LogP contribution in [0.5, 0.6) is 5.75 Å². The van der Waals surface area contributed by atoms with Gasteiger partial charge < -0.3 is 19.3 Å². The van der Waals surface area contributed by atoms with Crippen LogP contribution in [0.15, 0.2) is 24.3 Å². The van der Waals surface area contributed by atoms with Crippen LogP contribution in [0.4, 0.5) is 0 Å². The molecule has 4 atom stereocenters. The highest BCUT2D eigenvalue weighted by Gasteiger charge is 2.57. The summed E-state index contributed by atoms with van der Waals surface area (Å²) >= 11 is 0. The maximum absolute atomic E-state index is 13.3. The van der Waals surface area contributed by atoms with E-state index in [1.165, 1.54) is 14.0 Å². The lowest BCUT2D eigenvalue weighted by atomic mass is 9.61. The summed E-state index contributed by atoms with van der Waals surface area (Å²) in [6.45, 7) is 11.7. The lowest BCUT2D eigenvalue weighted by Crippen LogP contribution is -2.56. The Bertz CT molecular complexity index is 842. The zero-order valence-corrected chi connectivity index (χ0v) is 19.6. The van der Waals surface area contributed by atoms with E-state index in [2.05, 4.69) is 0 Å². The Morgan fingerprint density at radius 2 is 1.58 bits per heavy atom. The molecule has 7 nitrogen and oxygen atoms in total.